The molecule has 0 radical (unpaired) electrons. The molecule has 102 valence electrons. The van der Waals surface area contributed by atoms with E-state index >= 15 is 0 Å². The van der Waals surface area contributed by atoms with Crippen LogP contribution in [-0.4, -0.2) is 11.0 Å². The molecule has 1 N–H and O–H groups in total. The topological polar surface area (TPSA) is 24.9 Å². The van der Waals surface area contributed by atoms with Crippen LogP contribution in [0.1, 0.15) is 36.2 Å². The number of aromatic nitrogens is 1. The number of nitrogens with zero attached hydrogens (tertiary/aromatic N) is 1. The summed E-state index contributed by atoms with van der Waals surface area (Å²) >= 11 is 1.74. The highest BCUT2D eigenvalue weighted by Gasteiger charge is 2.11. The molecule has 0 bridgehead atoms. The number of hydrogen-bond donors (Lipinski definition) is 1. The third-order valence-corrected chi connectivity index (χ3v) is 4.04. The van der Waals surface area contributed by atoms with Gasteiger partial charge in [-0.1, -0.05) is 31.5 Å². The van der Waals surface area contributed by atoms with Gasteiger partial charge < -0.3 is 5.32 Å². The van der Waals surface area contributed by atoms with E-state index in [1.165, 1.54) is 22.3 Å². The molecule has 2 rings (SSSR count). The average Bonchev–Trinajstić information content (AvgIpc) is 2.73. The SMILES string of the molecule is Cc1cc(C)c(-c2nc(CNC(C)C)cs2)c(C)c1. The lowest BCUT2D eigenvalue weighted by Gasteiger charge is -2.08. The van der Waals surface area contributed by atoms with Crippen molar-refractivity contribution in [2.24, 2.45) is 0 Å². The maximum atomic E-state index is 4.76. The molecule has 0 amide bonds. The van der Waals surface area contributed by atoms with Crippen molar-refractivity contribution in [3.63, 3.8) is 0 Å². The zero-order valence-corrected chi connectivity index (χ0v) is 13.2. The maximum Gasteiger partial charge on any atom is 0.124 e. The van der Waals surface area contributed by atoms with Crippen molar-refractivity contribution < 1.29 is 0 Å². The van der Waals surface area contributed by atoms with Crippen molar-refractivity contribution >= 4 is 11.3 Å². The molecule has 0 aliphatic rings. The Kier molecular flexibility index (Phi) is 4.38. The number of rotatable bonds is 4. The lowest BCUT2D eigenvalue weighted by Crippen LogP contribution is -2.21. The normalized spacial score (nSPS) is 11.3. The van der Waals surface area contributed by atoms with E-state index in [1.54, 1.807) is 11.3 Å². The number of hydrogen-bond acceptors (Lipinski definition) is 3. The Hall–Kier alpha value is -1.19. The van der Waals surface area contributed by atoms with Crippen molar-refractivity contribution in [2.45, 2.75) is 47.2 Å². The molecule has 0 fully saturated rings. The quantitative estimate of drug-likeness (QED) is 0.902. The molecule has 0 saturated carbocycles. The predicted molar refractivity (Wildman–Crippen MR) is 83.7 cm³/mol. The van der Waals surface area contributed by atoms with E-state index in [9.17, 15) is 0 Å². The first kappa shape index (κ1) is 14.2. The fraction of sp³-hybridized carbons (Fsp3) is 0.438. The predicted octanol–water partition coefficient (Wildman–Crippen LogP) is 4.23. The van der Waals surface area contributed by atoms with E-state index < -0.39 is 0 Å². The van der Waals surface area contributed by atoms with Crippen LogP contribution in [0.2, 0.25) is 0 Å². The van der Waals surface area contributed by atoms with Gasteiger partial charge in [-0.2, -0.15) is 0 Å². The first-order chi connectivity index (χ1) is 8.97. The molecular weight excluding hydrogens is 252 g/mol. The Labute approximate surface area is 119 Å². The van der Waals surface area contributed by atoms with Gasteiger partial charge in [-0.15, -0.1) is 11.3 Å². The zero-order chi connectivity index (χ0) is 14.0. The van der Waals surface area contributed by atoms with E-state index in [1.807, 2.05) is 0 Å². The minimum absolute atomic E-state index is 0.494. The van der Waals surface area contributed by atoms with Crippen LogP contribution >= 0.6 is 11.3 Å². The van der Waals surface area contributed by atoms with Gasteiger partial charge in [0.05, 0.1) is 5.69 Å². The van der Waals surface area contributed by atoms with Gasteiger partial charge in [-0.05, 0) is 31.9 Å². The summed E-state index contributed by atoms with van der Waals surface area (Å²) in [5.41, 5.74) is 6.38. The van der Waals surface area contributed by atoms with Gasteiger partial charge in [0.2, 0.25) is 0 Å². The van der Waals surface area contributed by atoms with E-state index in [0.29, 0.717) is 6.04 Å². The van der Waals surface area contributed by atoms with Gasteiger partial charge in [-0.3, -0.25) is 0 Å². The summed E-state index contributed by atoms with van der Waals surface area (Å²) in [6.45, 7) is 11.6. The largest absolute Gasteiger partial charge is 0.309 e. The average molecular weight is 274 g/mol. The molecular formula is C16H22N2S. The van der Waals surface area contributed by atoms with Crippen molar-refractivity contribution in [3.05, 3.63) is 39.9 Å². The molecule has 0 atom stereocenters. The molecule has 2 nitrogen and oxygen atoms in total. The fourth-order valence-electron chi connectivity index (χ4n) is 2.33. The van der Waals surface area contributed by atoms with Gasteiger partial charge >= 0.3 is 0 Å². The monoisotopic (exact) mass is 274 g/mol. The molecule has 0 unspecified atom stereocenters. The van der Waals surface area contributed by atoms with Crippen LogP contribution in [0, 0.1) is 20.8 Å². The molecule has 0 aliphatic heterocycles. The summed E-state index contributed by atoms with van der Waals surface area (Å²) in [6, 6.07) is 4.96. The van der Waals surface area contributed by atoms with Gasteiger partial charge in [0.25, 0.3) is 0 Å². The summed E-state index contributed by atoms with van der Waals surface area (Å²) in [4.78, 5) is 4.76. The number of aryl methyl sites for hydroxylation is 3. The summed E-state index contributed by atoms with van der Waals surface area (Å²) < 4.78 is 0. The highest BCUT2D eigenvalue weighted by molar-refractivity contribution is 7.13. The second-order valence-electron chi connectivity index (χ2n) is 5.45. The van der Waals surface area contributed by atoms with Crippen molar-refractivity contribution in [3.8, 4) is 10.6 Å². The highest BCUT2D eigenvalue weighted by atomic mass is 32.1. The van der Waals surface area contributed by atoms with Crippen LogP contribution in [0.15, 0.2) is 17.5 Å². The lowest BCUT2D eigenvalue weighted by molar-refractivity contribution is 0.583. The van der Waals surface area contributed by atoms with E-state index in [-0.39, 0.29) is 0 Å². The molecule has 1 aromatic heterocycles. The second kappa shape index (κ2) is 5.85. The van der Waals surface area contributed by atoms with Crippen molar-refractivity contribution in [1.29, 1.82) is 0 Å². The van der Waals surface area contributed by atoms with Gasteiger partial charge in [0.15, 0.2) is 0 Å². The summed E-state index contributed by atoms with van der Waals surface area (Å²) in [6.07, 6.45) is 0. The molecule has 0 saturated heterocycles. The number of thiazole rings is 1. The summed E-state index contributed by atoms with van der Waals surface area (Å²) in [5.74, 6) is 0. The molecule has 1 heterocycles. The summed E-state index contributed by atoms with van der Waals surface area (Å²) in [7, 11) is 0. The third-order valence-electron chi connectivity index (χ3n) is 3.13. The molecule has 19 heavy (non-hydrogen) atoms. The minimum atomic E-state index is 0.494. The molecule has 0 aliphatic carbocycles. The van der Waals surface area contributed by atoms with Crippen LogP contribution in [0.3, 0.4) is 0 Å². The smallest absolute Gasteiger partial charge is 0.124 e. The Morgan fingerprint density at radius 2 is 1.79 bits per heavy atom. The molecule has 3 heteroatoms. The Balaban J connectivity index is 2.28. The van der Waals surface area contributed by atoms with Crippen molar-refractivity contribution in [1.82, 2.24) is 10.3 Å². The number of nitrogens with one attached hydrogen (secondary N) is 1. The summed E-state index contributed by atoms with van der Waals surface area (Å²) in [5, 5.41) is 6.70. The standard InChI is InChI=1S/C16H22N2S/c1-10(2)17-8-14-9-19-16(18-14)15-12(4)6-11(3)7-13(15)5/h6-7,9-10,17H,8H2,1-5H3. The Morgan fingerprint density at radius 1 is 1.16 bits per heavy atom. The number of benzene rings is 1. The molecule has 1 aromatic carbocycles. The van der Waals surface area contributed by atoms with Crippen molar-refractivity contribution in [2.75, 3.05) is 0 Å². The zero-order valence-electron chi connectivity index (χ0n) is 12.4. The minimum Gasteiger partial charge on any atom is -0.309 e. The van der Waals surface area contributed by atoms with Crippen LogP contribution < -0.4 is 5.32 Å². The lowest BCUT2D eigenvalue weighted by atomic mass is 10.0. The van der Waals surface area contributed by atoms with Gasteiger partial charge in [0.1, 0.15) is 5.01 Å². The maximum absolute atomic E-state index is 4.76. The highest BCUT2D eigenvalue weighted by Crippen LogP contribution is 2.30. The van der Waals surface area contributed by atoms with Crippen LogP contribution in [-0.2, 0) is 6.54 Å². The van der Waals surface area contributed by atoms with E-state index in [4.69, 9.17) is 4.98 Å². The third kappa shape index (κ3) is 3.43. The van der Waals surface area contributed by atoms with E-state index in [2.05, 4.69) is 57.4 Å². The van der Waals surface area contributed by atoms with Crippen LogP contribution in [0.25, 0.3) is 10.6 Å². The Morgan fingerprint density at radius 3 is 2.37 bits per heavy atom. The van der Waals surface area contributed by atoms with Crippen LogP contribution in [0.5, 0.6) is 0 Å². The second-order valence-corrected chi connectivity index (χ2v) is 6.31. The first-order valence-corrected chi connectivity index (χ1v) is 7.61. The van der Waals surface area contributed by atoms with E-state index in [0.717, 1.165) is 17.2 Å². The Bertz CT molecular complexity index is 547. The first-order valence-electron chi connectivity index (χ1n) is 6.73. The molecule has 0 spiro atoms. The molecule has 2 aromatic rings. The fourth-order valence-corrected chi connectivity index (χ4v) is 3.32. The van der Waals surface area contributed by atoms with Crippen LogP contribution in [0.4, 0.5) is 0 Å². The van der Waals surface area contributed by atoms with Gasteiger partial charge in [0, 0.05) is 23.5 Å². The van der Waals surface area contributed by atoms with Gasteiger partial charge in [-0.25, -0.2) is 4.98 Å².